The van der Waals surface area contributed by atoms with Crippen LogP contribution in [0.5, 0.6) is 0 Å². The molecule has 168 valence electrons. The van der Waals surface area contributed by atoms with Gasteiger partial charge < -0.3 is 25.6 Å². The number of rotatable bonds is 6. The van der Waals surface area contributed by atoms with Crippen LogP contribution in [0.1, 0.15) is 37.1 Å². The molecule has 3 rings (SSSR count). The monoisotopic (exact) mass is 424 g/mol. The predicted molar refractivity (Wildman–Crippen MR) is 108 cm³/mol. The van der Waals surface area contributed by atoms with Crippen molar-refractivity contribution in [3.8, 4) is 0 Å². The molecule has 2 fully saturated rings. The summed E-state index contributed by atoms with van der Waals surface area (Å²) in [6, 6.07) is 1.65. The van der Waals surface area contributed by atoms with Crippen molar-refractivity contribution >= 4 is 18.3 Å². The van der Waals surface area contributed by atoms with Gasteiger partial charge in [-0.05, 0) is 45.6 Å². The number of nitrogens with zero attached hydrogens (tertiary/aromatic N) is 2. The molecular formula is C20H32N4O6. The van der Waals surface area contributed by atoms with Crippen molar-refractivity contribution in [2.75, 3.05) is 19.8 Å². The SMILES string of the molecule is Cc1cc(C)n(CCNC(=O)[C@H]2C[C@H](NC(=O)C3CCOCC3)[C@@H](O)C2)n1.O=CO. The van der Waals surface area contributed by atoms with Crippen molar-refractivity contribution in [3.63, 3.8) is 0 Å². The van der Waals surface area contributed by atoms with E-state index in [2.05, 4.69) is 15.7 Å². The van der Waals surface area contributed by atoms with Gasteiger partial charge in [0.15, 0.2) is 0 Å². The highest BCUT2D eigenvalue weighted by Gasteiger charge is 2.38. The molecule has 0 unspecified atom stereocenters. The summed E-state index contributed by atoms with van der Waals surface area (Å²) in [6.45, 7) is 5.99. The van der Waals surface area contributed by atoms with Crippen LogP contribution in [-0.2, 0) is 25.7 Å². The Labute approximate surface area is 176 Å². The number of hydrogen-bond acceptors (Lipinski definition) is 6. The van der Waals surface area contributed by atoms with Crippen LogP contribution in [0.15, 0.2) is 6.07 Å². The van der Waals surface area contributed by atoms with E-state index in [1.807, 2.05) is 24.6 Å². The Balaban J connectivity index is 0.00000101. The average molecular weight is 424 g/mol. The van der Waals surface area contributed by atoms with Gasteiger partial charge in [0.25, 0.3) is 6.47 Å². The van der Waals surface area contributed by atoms with Gasteiger partial charge in [-0.2, -0.15) is 5.10 Å². The van der Waals surface area contributed by atoms with Gasteiger partial charge in [0.05, 0.1) is 24.4 Å². The summed E-state index contributed by atoms with van der Waals surface area (Å²) in [5.41, 5.74) is 2.02. The first kappa shape index (κ1) is 23.8. The minimum absolute atomic E-state index is 0.0343. The van der Waals surface area contributed by atoms with Gasteiger partial charge in [0, 0.05) is 37.3 Å². The van der Waals surface area contributed by atoms with E-state index >= 15 is 0 Å². The molecule has 1 aliphatic carbocycles. The largest absolute Gasteiger partial charge is 0.483 e. The number of carbonyl (C=O) groups is 3. The third kappa shape index (κ3) is 6.81. The minimum atomic E-state index is -0.680. The number of nitrogens with one attached hydrogen (secondary N) is 2. The van der Waals surface area contributed by atoms with Gasteiger partial charge in [0.2, 0.25) is 11.8 Å². The fourth-order valence-electron chi connectivity index (χ4n) is 3.98. The van der Waals surface area contributed by atoms with Crippen molar-refractivity contribution in [1.29, 1.82) is 0 Å². The summed E-state index contributed by atoms with van der Waals surface area (Å²) in [4.78, 5) is 33.1. The number of aryl methyl sites for hydroxylation is 2. The molecule has 10 heteroatoms. The molecule has 10 nitrogen and oxygen atoms in total. The predicted octanol–water partition coefficient (Wildman–Crippen LogP) is -0.000760. The molecule has 0 bridgehead atoms. The Kier molecular flexibility index (Phi) is 9.25. The Morgan fingerprint density at radius 3 is 2.50 bits per heavy atom. The molecule has 0 spiro atoms. The van der Waals surface area contributed by atoms with Crippen LogP contribution in [0.4, 0.5) is 0 Å². The number of ether oxygens (including phenoxy) is 1. The van der Waals surface area contributed by atoms with Crippen molar-refractivity contribution in [3.05, 3.63) is 17.5 Å². The van der Waals surface area contributed by atoms with Crippen molar-refractivity contribution in [2.24, 2.45) is 11.8 Å². The number of amides is 2. The van der Waals surface area contributed by atoms with Crippen LogP contribution >= 0.6 is 0 Å². The number of carboxylic acid groups (broad SMARTS) is 1. The van der Waals surface area contributed by atoms with Gasteiger partial charge >= 0.3 is 0 Å². The summed E-state index contributed by atoms with van der Waals surface area (Å²) >= 11 is 0. The first-order valence-corrected chi connectivity index (χ1v) is 10.3. The maximum absolute atomic E-state index is 12.4. The van der Waals surface area contributed by atoms with E-state index in [-0.39, 0.29) is 36.2 Å². The highest BCUT2D eigenvalue weighted by molar-refractivity contribution is 5.81. The van der Waals surface area contributed by atoms with Gasteiger partial charge in [-0.1, -0.05) is 0 Å². The van der Waals surface area contributed by atoms with Crippen LogP contribution in [0, 0.1) is 25.7 Å². The van der Waals surface area contributed by atoms with E-state index in [0.717, 1.165) is 11.4 Å². The van der Waals surface area contributed by atoms with Crippen LogP contribution in [0.2, 0.25) is 0 Å². The summed E-state index contributed by atoms with van der Waals surface area (Å²) in [5.74, 6) is -0.439. The smallest absolute Gasteiger partial charge is 0.290 e. The quantitative estimate of drug-likeness (QED) is 0.471. The first-order chi connectivity index (χ1) is 14.3. The average Bonchev–Trinajstić information content (AvgIpc) is 3.24. The third-order valence-corrected chi connectivity index (χ3v) is 5.55. The topological polar surface area (TPSA) is 143 Å². The number of carbonyl (C=O) groups excluding carboxylic acids is 2. The summed E-state index contributed by atoms with van der Waals surface area (Å²) in [5, 5.41) is 27.4. The van der Waals surface area contributed by atoms with Crippen molar-refractivity contribution < 1.29 is 29.3 Å². The molecule has 0 radical (unpaired) electrons. The second-order valence-electron chi connectivity index (χ2n) is 7.78. The van der Waals surface area contributed by atoms with Crippen molar-refractivity contribution in [2.45, 2.75) is 58.2 Å². The highest BCUT2D eigenvalue weighted by atomic mass is 16.5. The van der Waals surface area contributed by atoms with E-state index in [4.69, 9.17) is 14.6 Å². The summed E-state index contributed by atoms with van der Waals surface area (Å²) in [6.07, 6.45) is 1.60. The van der Waals surface area contributed by atoms with Gasteiger partial charge in [-0.15, -0.1) is 0 Å². The molecule has 1 saturated carbocycles. The number of hydrogen-bond donors (Lipinski definition) is 4. The lowest BCUT2D eigenvalue weighted by Gasteiger charge is -2.24. The maximum atomic E-state index is 12.4. The van der Waals surface area contributed by atoms with Gasteiger partial charge in [-0.25, -0.2) is 0 Å². The molecule has 1 saturated heterocycles. The third-order valence-electron chi connectivity index (χ3n) is 5.55. The Morgan fingerprint density at radius 1 is 1.23 bits per heavy atom. The maximum Gasteiger partial charge on any atom is 0.290 e. The fraction of sp³-hybridized carbons (Fsp3) is 0.700. The minimum Gasteiger partial charge on any atom is -0.483 e. The van der Waals surface area contributed by atoms with Gasteiger partial charge in [0.1, 0.15) is 0 Å². The molecule has 2 heterocycles. The molecule has 2 aliphatic rings. The molecule has 2 amide bonds. The van der Waals surface area contributed by atoms with Crippen LogP contribution in [0.25, 0.3) is 0 Å². The van der Waals surface area contributed by atoms with E-state index < -0.39 is 6.10 Å². The number of aliphatic hydroxyl groups is 1. The molecule has 1 aliphatic heterocycles. The van der Waals surface area contributed by atoms with E-state index in [9.17, 15) is 14.7 Å². The van der Waals surface area contributed by atoms with E-state index in [1.54, 1.807) is 0 Å². The molecule has 1 aromatic rings. The Hall–Kier alpha value is -2.46. The molecule has 1 aromatic heterocycles. The van der Waals surface area contributed by atoms with Crippen LogP contribution in [-0.4, -0.2) is 70.2 Å². The number of aliphatic hydroxyl groups excluding tert-OH is 1. The molecule has 30 heavy (non-hydrogen) atoms. The molecule has 0 aromatic carbocycles. The zero-order chi connectivity index (χ0) is 22.1. The summed E-state index contributed by atoms with van der Waals surface area (Å²) < 4.78 is 7.15. The zero-order valence-corrected chi connectivity index (χ0v) is 17.5. The second-order valence-corrected chi connectivity index (χ2v) is 7.78. The van der Waals surface area contributed by atoms with E-state index in [1.165, 1.54) is 0 Å². The fourth-order valence-corrected chi connectivity index (χ4v) is 3.98. The lowest BCUT2D eigenvalue weighted by Crippen LogP contribution is -2.44. The van der Waals surface area contributed by atoms with E-state index in [0.29, 0.717) is 52.0 Å². The van der Waals surface area contributed by atoms with Crippen LogP contribution in [0.3, 0.4) is 0 Å². The second kappa shape index (κ2) is 11.7. The highest BCUT2D eigenvalue weighted by Crippen LogP contribution is 2.27. The zero-order valence-electron chi connectivity index (χ0n) is 17.5. The first-order valence-electron chi connectivity index (χ1n) is 10.3. The van der Waals surface area contributed by atoms with Crippen LogP contribution < -0.4 is 10.6 Å². The Morgan fingerprint density at radius 2 is 1.90 bits per heavy atom. The standard InChI is InChI=1S/C19H30N4O4.CH2O2/c1-12-9-13(2)23(22-12)6-5-20-18(25)15-10-16(17(24)11-15)21-19(26)14-3-7-27-8-4-14;2-1-3/h9,14-17,24H,3-8,10-11H2,1-2H3,(H,20,25)(H,21,26);1H,(H,2,3)/t15-,16-,17-;/m0./s1. The number of aromatic nitrogens is 2. The normalized spacial score (nSPS) is 23.9. The Bertz CT molecular complexity index is 716. The molecule has 3 atom stereocenters. The van der Waals surface area contributed by atoms with Gasteiger partial charge in [-0.3, -0.25) is 19.1 Å². The lowest BCUT2D eigenvalue weighted by molar-refractivity contribution is -0.129. The lowest BCUT2D eigenvalue weighted by atomic mass is 9.98. The molecular weight excluding hydrogens is 392 g/mol. The molecule has 4 N–H and O–H groups in total. The van der Waals surface area contributed by atoms with Crippen molar-refractivity contribution in [1.82, 2.24) is 20.4 Å². The summed E-state index contributed by atoms with van der Waals surface area (Å²) in [7, 11) is 0.